The van der Waals surface area contributed by atoms with Gasteiger partial charge in [0.1, 0.15) is 0 Å². The molecule has 1 atom stereocenters. The highest BCUT2D eigenvalue weighted by atomic mass is 16.5. The standard InChI is InChI=1S/C14H21NO/c1-10-5-6-12(9-11(10)2)13(15)14(16-3)7-4-8-14/h5-6,9,13H,4,7-8,15H2,1-3H3. The largest absolute Gasteiger partial charge is 0.376 e. The summed E-state index contributed by atoms with van der Waals surface area (Å²) >= 11 is 0. The van der Waals surface area contributed by atoms with E-state index in [-0.39, 0.29) is 11.6 Å². The molecule has 2 heteroatoms. The van der Waals surface area contributed by atoms with Gasteiger partial charge in [0.15, 0.2) is 0 Å². The molecule has 1 aliphatic rings. The summed E-state index contributed by atoms with van der Waals surface area (Å²) < 4.78 is 5.64. The summed E-state index contributed by atoms with van der Waals surface area (Å²) in [6.45, 7) is 4.26. The van der Waals surface area contributed by atoms with E-state index in [1.165, 1.54) is 23.1 Å². The summed E-state index contributed by atoms with van der Waals surface area (Å²) in [7, 11) is 1.78. The van der Waals surface area contributed by atoms with Gasteiger partial charge in [-0.15, -0.1) is 0 Å². The van der Waals surface area contributed by atoms with Gasteiger partial charge in [-0.25, -0.2) is 0 Å². The normalized spacial score (nSPS) is 20.2. The molecular weight excluding hydrogens is 198 g/mol. The van der Waals surface area contributed by atoms with Gasteiger partial charge in [-0.05, 0) is 49.8 Å². The summed E-state index contributed by atoms with van der Waals surface area (Å²) in [5, 5.41) is 0. The lowest BCUT2D eigenvalue weighted by molar-refractivity contribution is -0.0911. The number of hydrogen-bond acceptors (Lipinski definition) is 2. The Balaban J connectivity index is 2.26. The second-order valence-electron chi connectivity index (χ2n) is 4.94. The molecule has 2 rings (SSSR count). The van der Waals surface area contributed by atoms with E-state index in [4.69, 9.17) is 10.5 Å². The Bertz CT molecular complexity index is 377. The van der Waals surface area contributed by atoms with Gasteiger partial charge in [-0.3, -0.25) is 0 Å². The molecule has 0 amide bonds. The van der Waals surface area contributed by atoms with Crippen LogP contribution in [0.1, 0.15) is 42.0 Å². The van der Waals surface area contributed by atoms with Gasteiger partial charge >= 0.3 is 0 Å². The second kappa shape index (κ2) is 4.19. The number of nitrogens with two attached hydrogens (primary N) is 1. The van der Waals surface area contributed by atoms with Gasteiger partial charge in [0.05, 0.1) is 11.6 Å². The zero-order chi connectivity index (χ0) is 11.8. The van der Waals surface area contributed by atoms with E-state index in [0.717, 1.165) is 12.8 Å². The summed E-state index contributed by atoms with van der Waals surface area (Å²) in [5.74, 6) is 0. The third-order valence-electron chi connectivity index (χ3n) is 4.06. The molecule has 0 radical (unpaired) electrons. The van der Waals surface area contributed by atoms with E-state index < -0.39 is 0 Å². The van der Waals surface area contributed by atoms with Crippen LogP contribution in [0.25, 0.3) is 0 Å². The minimum Gasteiger partial charge on any atom is -0.376 e. The smallest absolute Gasteiger partial charge is 0.0870 e. The number of hydrogen-bond donors (Lipinski definition) is 1. The molecule has 1 fully saturated rings. The van der Waals surface area contributed by atoms with Crippen molar-refractivity contribution in [3.63, 3.8) is 0 Å². The molecule has 1 saturated carbocycles. The van der Waals surface area contributed by atoms with Crippen molar-refractivity contribution in [2.24, 2.45) is 5.73 Å². The molecule has 1 aliphatic carbocycles. The van der Waals surface area contributed by atoms with Crippen molar-refractivity contribution in [1.82, 2.24) is 0 Å². The van der Waals surface area contributed by atoms with E-state index in [2.05, 4.69) is 32.0 Å². The number of ether oxygens (including phenoxy) is 1. The van der Waals surface area contributed by atoms with Gasteiger partial charge in [-0.1, -0.05) is 18.2 Å². The number of methoxy groups -OCH3 is 1. The Morgan fingerprint density at radius 3 is 2.38 bits per heavy atom. The molecule has 16 heavy (non-hydrogen) atoms. The van der Waals surface area contributed by atoms with Crippen LogP contribution >= 0.6 is 0 Å². The Labute approximate surface area is 97.8 Å². The summed E-state index contributed by atoms with van der Waals surface area (Å²) in [6, 6.07) is 6.48. The fourth-order valence-electron chi connectivity index (χ4n) is 2.43. The van der Waals surface area contributed by atoms with Crippen LogP contribution in [0.4, 0.5) is 0 Å². The Hall–Kier alpha value is -0.860. The SMILES string of the molecule is COC1(C(N)c2ccc(C)c(C)c2)CCC1. The van der Waals surface area contributed by atoms with E-state index in [0.29, 0.717) is 0 Å². The lowest BCUT2D eigenvalue weighted by Crippen LogP contribution is -2.48. The summed E-state index contributed by atoms with van der Waals surface area (Å²) in [5.41, 5.74) is 10.0. The van der Waals surface area contributed by atoms with Crippen molar-refractivity contribution in [3.05, 3.63) is 34.9 Å². The second-order valence-corrected chi connectivity index (χ2v) is 4.94. The van der Waals surface area contributed by atoms with Crippen molar-refractivity contribution in [3.8, 4) is 0 Å². The molecule has 0 bridgehead atoms. The fraction of sp³-hybridized carbons (Fsp3) is 0.571. The van der Waals surface area contributed by atoms with Crippen LogP contribution in [0.2, 0.25) is 0 Å². The van der Waals surface area contributed by atoms with Crippen molar-refractivity contribution in [1.29, 1.82) is 0 Å². The van der Waals surface area contributed by atoms with Crippen LogP contribution in [-0.4, -0.2) is 12.7 Å². The first kappa shape index (κ1) is 11.6. The molecule has 1 aromatic carbocycles. The van der Waals surface area contributed by atoms with Crippen LogP contribution < -0.4 is 5.73 Å². The lowest BCUT2D eigenvalue weighted by atomic mass is 9.72. The molecule has 2 N–H and O–H groups in total. The maximum Gasteiger partial charge on any atom is 0.0870 e. The summed E-state index contributed by atoms with van der Waals surface area (Å²) in [4.78, 5) is 0. The number of aryl methyl sites for hydroxylation is 2. The molecular formula is C14H21NO. The third-order valence-corrected chi connectivity index (χ3v) is 4.06. The molecule has 88 valence electrons. The first-order valence-corrected chi connectivity index (χ1v) is 5.97. The number of benzene rings is 1. The van der Waals surface area contributed by atoms with Gasteiger partial charge < -0.3 is 10.5 Å². The minimum absolute atomic E-state index is 0.00514. The van der Waals surface area contributed by atoms with Gasteiger partial charge in [0.2, 0.25) is 0 Å². The van der Waals surface area contributed by atoms with E-state index in [9.17, 15) is 0 Å². The van der Waals surface area contributed by atoms with Crippen molar-refractivity contribution >= 4 is 0 Å². The van der Waals surface area contributed by atoms with Crippen molar-refractivity contribution in [2.45, 2.75) is 44.8 Å². The van der Waals surface area contributed by atoms with Crippen molar-refractivity contribution in [2.75, 3.05) is 7.11 Å². The van der Waals surface area contributed by atoms with Gasteiger partial charge in [-0.2, -0.15) is 0 Å². The topological polar surface area (TPSA) is 35.2 Å². The summed E-state index contributed by atoms with van der Waals surface area (Å²) in [6.07, 6.45) is 3.39. The fourth-order valence-corrected chi connectivity index (χ4v) is 2.43. The third kappa shape index (κ3) is 1.76. The maximum absolute atomic E-state index is 6.34. The average Bonchev–Trinajstić information content (AvgIpc) is 2.21. The van der Waals surface area contributed by atoms with E-state index in [1.807, 2.05) is 0 Å². The Morgan fingerprint density at radius 1 is 1.25 bits per heavy atom. The van der Waals surface area contributed by atoms with E-state index >= 15 is 0 Å². The monoisotopic (exact) mass is 219 g/mol. The predicted molar refractivity (Wildman–Crippen MR) is 66.4 cm³/mol. The van der Waals surface area contributed by atoms with Gasteiger partial charge in [0, 0.05) is 7.11 Å². The molecule has 0 aromatic heterocycles. The van der Waals surface area contributed by atoms with E-state index in [1.54, 1.807) is 7.11 Å². The quantitative estimate of drug-likeness (QED) is 0.848. The minimum atomic E-state index is -0.109. The first-order chi connectivity index (χ1) is 7.59. The Morgan fingerprint density at radius 2 is 1.94 bits per heavy atom. The highest BCUT2D eigenvalue weighted by Crippen LogP contribution is 2.43. The highest BCUT2D eigenvalue weighted by molar-refractivity contribution is 5.33. The Kier molecular flexibility index (Phi) is 3.04. The first-order valence-electron chi connectivity index (χ1n) is 5.97. The van der Waals surface area contributed by atoms with Crippen molar-refractivity contribution < 1.29 is 4.74 Å². The van der Waals surface area contributed by atoms with Crippen LogP contribution in [-0.2, 0) is 4.74 Å². The molecule has 1 unspecified atom stereocenters. The molecule has 1 aromatic rings. The molecule has 0 aliphatic heterocycles. The van der Waals surface area contributed by atoms with Crippen LogP contribution in [0.5, 0.6) is 0 Å². The van der Waals surface area contributed by atoms with Crippen LogP contribution in [0.3, 0.4) is 0 Å². The highest BCUT2D eigenvalue weighted by Gasteiger charge is 2.43. The molecule has 0 heterocycles. The predicted octanol–water partition coefficient (Wildman–Crippen LogP) is 2.87. The lowest BCUT2D eigenvalue weighted by Gasteiger charge is -2.45. The van der Waals surface area contributed by atoms with Crippen LogP contribution in [0, 0.1) is 13.8 Å². The average molecular weight is 219 g/mol. The van der Waals surface area contributed by atoms with Crippen LogP contribution in [0.15, 0.2) is 18.2 Å². The van der Waals surface area contributed by atoms with Gasteiger partial charge in [0.25, 0.3) is 0 Å². The molecule has 2 nitrogen and oxygen atoms in total. The zero-order valence-corrected chi connectivity index (χ0v) is 10.4. The maximum atomic E-state index is 6.34. The molecule has 0 spiro atoms. The zero-order valence-electron chi connectivity index (χ0n) is 10.4. The molecule has 0 saturated heterocycles. The number of rotatable bonds is 3.